The topological polar surface area (TPSA) is 157 Å². The number of amides is 5. The van der Waals surface area contributed by atoms with Crippen molar-refractivity contribution < 1.29 is 38.2 Å². The number of carbonyl (C=O) groups excluding carboxylic acids is 5. The van der Waals surface area contributed by atoms with Crippen molar-refractivity contribution in [3.8, 4) is 5.75 Å². The molecule has 0 fully saturated rings. The lowest BCUT2D eigenvalue weighted by Crippen LogP contribution is -2.58. The summed E-state index contributed by atoms with van der Waals surface area (Å²) in [6, 6.07) is 17.0. The van der Waals surface area contributed by atoms with E-state index in [1.54, 1.807) is 93.2 Å². The molecule has 3 aromatic carbocycles. The molecule has 54 heavy (non-hydrogen) atoms. The molecule has 7 rings (SSSR count). The van der Waals surface area contributed by atoms with Crippen LogP contribution in [0, 0.1) is 16.6 Å². The summed E-state index contributed by atoms with van der Waals surface area (Å²) >= 11 is 0. The largest absolute Gasteiger partial charge is 0.492 e. The van der Waals surface area contributed by atoms with Crippen LogP contribution in [-0.4, -0.2) is 84.0 Å². The minimum atomic E-state index is -2.42. The molecule has 4 aliphatic rings. The van der Waals surface area contributed by atoms with Gasteiger partial charge < -0.3 is 35.6 Å². The number of halogens is 1. The minimum Gasteiger partial charge on any atom is -0.492 e. The molecule has 0 aliphatic carbocycles. The van der Waals surface area contributed by atoms with Gasteiger partial charge in [-0.25, -0.2) is 4.39 Å². The van der Waals surface area contributed by atoms with Crippen molar-refractivity contribution in [2.45, 2.75) is 72.6 Å². The van der Waals surface area contributed by atoms with Crippen LogP contribution in [0.15, 0.2) is 66.7 Å². The van der Waals surface area contributed by atoms with Crippen LogP contribution in [0.2, 0.25) is 0 Å². The third-order valence-electron chi connectivity index (χ3n) is 9.08. The Bertz CT molecular complexity index is 1840. The van der Waals surface area contributed by atoms with Crippen molar-refractivity contribution in [1.82, 2.24) is 20.4 Å². The fourth-order valence-corrected chi connectivity index (χ4v) is 6.03. The van der Waals surface area contributed by atoms with Gasteiger partial charge in [-0.3, -0.25) is 24.0 Å². The first kappa shape index (κ1) is 41.5. The molecule has 3 aromatic rings. The molecule has 12 nitrogen and oxygen atoms in total. The third kappa shape index (κ3) is 11.9. The van der Waals surface area contributed by atoms with E-state index in [4.69, 9.17) is 4.74 Å². The highest BCUT2D eigenvalue weighted by Crippen LogP contribution is 2.29. The van der Waals surface area contributed by atoms with Crippen molar-refractivity contribution in [1.29, 1.82) is 0 Å². The normalized spacial score (nSPS) is 20.1. The quantitative estimate of drug-likeness (QED) is 0.276. The first-order chi connectivity index (χ1) is 25.2. The monoisotopic (exact) mass is 745 g/mol. The number of ether oxygens (including phenoxy) is 1. The van der Waals surface area contributed by atoms with Crippen LogP contribution in [0.4, 0.5) is 10.1 Å². The molecule has 0 radical (unpaired) electrons. The van der Waals surface area contributed by atoms with Crippen molar-refractivity contribution in [3.05, 3.63) is 94.8 Å². The average Bonchev–Trinajstić information content (AvgIpc) is 3.09. The fourth-order valence-electron chi connectivity index (χ4n) is 6.03. The Morgan fingerprint density at radius 3 is 2.02 bits per heavy atom. The summed E-state index contributed by atoms with van der Waals surface area (Å²) in [4.78, 5) is 69.3. The molecule has 0 spiro atoms. The summed E-state index contributed by atoms with van der Waals surface area (Å²) in [6.07, 6.45) is 0.683. The smallest absolute Gasteiger partial charge is 0.277 e. The van der Waals surface area contributed by atoms with Crippen LogP contribution >= 0.6 is 0 Å². The lowest BCUT2D eigenvalue weighted by molar-refractivity contribution is -0.140. The summed E-state index contributed by atoms with van der Waals surface area (Å²) in [5.41, 5.74) is -2.07. The Labute approximate surface area is 316 Å². The van der Waals surface area contributed by atoms with E-state index in [0.29, 0.717) is 42.1 Å². The molecule has 4 heterocycles. The van der Waals surface area contributed by atoms with E-state index in [1.807, 2.05) is 13.8 Å². The second kappa shape index (κ2) is 17.2. The Hall–Kier alpha value is -5.30. The van der Waals surface area contributed by atoms with Crippen LogP contribution in [0.5, 0.6) is 5.75 Å². The van der Waals surface area contributed by atoms with Gasteiger partial charge in [-0.2, -0.15) is 0 Å². The van der Waals surface area contributed by atoms with Crippen LogP contribution in [0.1, 0.15) is 85.7 Å². The Morgan fingerprint density at radius 1 is 0.815 bits per heavy atom. The van der Waals surface area contributed by atoms with Gasteiger partial charge in [0.2, 0.25) is 17.5 Å². The first-order valence-electron chi connectivity index (χ1n) is 18.0. The molecule has 4 aliphatic heterocycles. The zero-order valence-corrected chi connectivity index (χ0v) is 32.2. The summed E-state index contributed by atoms with van der Waals surface area (Å²) in [6.45, 7) is 10.1. The molecule has 1 atom stereocenters. The van der Waals surface area contributed by atoms with E-state index in [1.165, 1.54) is 12.1 Å². The van der Waals surface area contributed by atoms with E-state index in [2.05, 4.69) is 16.0 Å². The van der Waals surface area contributed by atoms with Gasteiger partial charge in [0.05, 0.1) is 12.1 Å². The minimum absolute atomic E-state index is 0.0397. The number of anilines is 1. The molecule has 6 bridgehead atoms. The number of likely N-dealkylation sites (N-methyl/N-ethyl adjacent to an activating group) is 2. The maximum Gasteiger partial charge on any atom is 0.277 e. The predicted molar refractivity (Wildman–Crippen MR) is 203 cm³/mol. The molecule has 0 saturated heterocycles. The predicted octanol–water partition coefficient (Wildman–Crippen LogP) is 4.91. The fraction of sp³-hybridized carbons (Fsp3) is 0.439. The molecule has 0 saturated carbocycles. The molecular formula is C41H52FN5O7. The van der Waals surface area contributed by atoms with Crippen LogP contribution < -0.4 is 20.7 Å². The summed E-state index contributed by atoms with van der Waals surface area (Å²) in [7, 11) is 3.40. The second-order valence-electron chi connectivity index (χ2n) is 16.0. The van der Waals surface area contributed by atoms with Gasteiger partial charge >= 0.3 is 0 Å². The van der Waals surface area contributed by atoms with E-state index < -0.39 is 45.7 Å². The van der Waals surface area contributed by atoms with Crippen molar-refractivity contribution in [3.63, 3.8) is 0 Å². The number of benzene rings is 3. The van der Waals surface area contributed by atoms with Gasteiger partial charge in [-0.05, 0) is 76.9 Å². The third-order valence-corrected chi connectivity index (χ3v) is 9.08. The number of nitrogens with one attached hydrogen (secondary N) is 3. The molecule has 0 unspecified atom stereocenters. The standard InChI is InChI=1S/C41H52FN5O7/c1-39(2,3)26-41(53)38(52)44-30-13-8-27(9-14-30)18-19-46(6)34(48)23-40(4,5)24-35(49)47(7)20-21-54-31-15-11-29(12-16-31)36(50)43-25-28-10-17-33(42)32(22-28)37(51)45-41/h8-17,22,53H,18-21,23-26H2,1-7H3,(H,43,50)(H,44,52)(H,45,51)/t41-/m0/s1. The van der Waals surface area contributed by atoms with Crippen LogP contribution in [0.25, 0.3) is 0 Å². The van der Waals surface area contributed by atoms with Crippen molar-refractivity contribution >= 4 is 35.2 Å². The summed E-state index contributed by atoms with van der Waals surface area (Å²) in [5.74, 6) is -2.93. The number of hydrogen-bond donors (Lipinski definition) is 4. The summed E-state index contributed by atoms with van der Waals surface area (Å²) < 4.78 is 20.8. The number of rotatable bonds is 1. The van der Waals surface area contributed by atoms with Gasteiger partial charge in [0.15, 0.2) is 0 Å². The Kier molecular flexibility index (Phi) is 13.2. The molecular weight excluding hydrogens is 693 g/mol. The van der Waals surface area contributed by atoms with Gasteiger partial charge in [-0.1, -0.05) is 52.8 Å². The number of hydrogen-bond acceptors (Lipinski definition) is 7. The Balaban J connectivity index is 1.59. The summed E-state index contributed by atoms with van der Waals surface area (Å²) in [5, 5.41) is 19.4. The molecule has 5 amide bonds. The number of nitrogens with zero attached hydrogens (tertiary/aromatic N) is 2. The van der Waals surface area contributed by atoms with Crippen molar-refractivity contribution in [2.24, 2.45) is 10.8 Å². The number of carbonyl (C=O) groups is 5. The number of aliphatic hydroxyl groups is 1. The highest BCUT2D eigenvalue weighted by Gasteiger charge is 2.42. The first-order valence-corrected chi connectivity index (χ1v) is 18.0. The molecule has 13 heteroatoms. The zero-order valence-electron chi connectivity index (χ0n) is 32.2. The SMILES string of the molecule is CN1CCOc2ccc(cc2)C(=O)NCc2ccc(F)c(c2)C(=O)N[C@](O)(CC(C)(C)C)C(=O)Nc2ccc(cc2)CCN(C)C(=O)CC(C)(C)CC1=O. The maximum absolute atomic E-state index is 15.0. The van der Waals surface area contributed by atoms with E-state index in [0.717, 1.165) is 11.6 Å². The second-order valence-corrected chi connectivity index (χ2v) is 16.0. The van der Waals surface area contributed by atoms with E-state index in [-0.39, 0.29) is 44.2 Å². The van der Waals surface area contributed by atoms with Crippen molar-refractivity contribution in [2.75, 3.05) is 39.1 Å². The maximum atomic E-state index is 15.0. The highest BCUT2D eigenvalue weighted by molar-refractivity contribution is 6.03. The van der Waals surface area contributed by atoms with Crippen LogP contribution in [-0.2, 0) is 27.3 Å². The lowest BCUT2D eigenvalue weighted by Gasteiger charge is -2.33. The molecule has 290 valence electrons. The highest BCUT2D eigenvalue weighted by atomic mass is 19.1. The zero-order chi connectivity index (χ0) is 39.8. The van der Waals surface area contributed by atoms with Crippen LogP contribution in [0.3, 0.4) is 0 Å². The van der Waals surface area contributed by atoms with Gasteiger partial charge in [0.1, 0.15) is 18.2 Å². The van der Waals surface area contributed by atoms with Gasteiger partial charge in [0, 0.05) is 57.7 Å². The molecule has 4 N–H and O–H groups in total. The van der Waals surface area contributed by atoms with E-state index in [9.17, 15) is 29.1 Å². The Morgan fingerprint density at radius 2 is 1.41 bits per heavy atom. The lowest BCUT2D eigenvalue weighted by atomic mass is 9.84. The molecule has 0 aromatic heterocycles. The average molecular weight is 746 g/mol. The van der Waals surface area contributed by atoms with Gasteiger partial charge in [-0.15, -0.1) is 0 Å². The van der Waals surface area contributed by atoms with E-state index >= 15 is 4.39 Å². The van der Waals surface area contributed by atoms with Gasteiger partial charge in [0.25, 0.3) is 17.7 Å².